The maximum absolute atomic E-state index is 13.2. The normalized spacial score (nSPS) is 14.8. The number of ether oxygens (including phenoxy) is 1. The predicted molar refractivity (Wildman–Crippen MR) is 62.3 cm³/mol. The molecule has 90 valence electrons. The van der Waals surface area contributed by atoms with Gasteiger partial charge in [0.15, 0.2) is 0 Å². The highest BCUT2D eigenvalue weighted by Crippen LogP contribution is 2.22. The molecule has 16 heavy (non-hydrogen) atoms. The van der Waals surface area contributed by atoms with Crippen LogP contribution < -0.4 is 11.3 Å². The number of benzene rings is 1. The molecule has 0 heterocycles. The van der Waals surface area contributed by atoms with Crippen molar-refractivity contribution in [1.29, 1.82) is 0 Å². The molecule has 0 fully saturated rings. The van der Waals surface area contributed by atoms with E-state index in [1.807, 2.05) is 20.8 Å². The van der Waals surface area contributed by atoms with Gasteiger partial charge in [0, 0.05) is 6.61 Å². The van der Waals surface area contributed by atoms with Gasteiger partial charge in [-0.2, -0.15) is 0 Å². The van der Waals surface area contributed by atoms with E-state index in [0.717, 1.165) is 11.1 Å². The minimum absolute atomic E-state index is 0.101. The number of rotatable bonds is 5. The maximum atomic E-state index is 13.2. The number of hydrogen-bond acceptors (Lipinski definition) is 3. The Morgan fingerprint density at radius 3 is 2.75 bits per heavy atom. The number of nitrogens with one attached hydrogen (secondary N) is 1. The van der Waals surface area contributed by atoms with Crippen LogP contribution in [0, 0.1) is 12.7 Å². The summed E-state index contributed by atoms with van der Waals surface area (Å²) in [6.07, 6.45) is -0.101. The van der Waals surface area contributed by atoms with Crippen molar-refractivity contribution < 1.29 is 9.13 Å². The third kappa shape index (κ3) is 3.01. The molecule has 2 atom stereocenters. The molecule has 0 spiro atoms. The van der Waals surface area contributed by atoms with E-state index in [1.54, 1.807) is 6.07 Å². The zero-order valence-electron chi connectivity index (χ0n) is 9.96. The van der Waals surface area contributed by atoms with Gasteiger partial charge in [-0.15, -0.1) is 0 Å². The number of hydrogen-bond donors (Lipinski definition) is 2. The van der Waals surface area contributed by atoms with E-state index in [1.165, 1.54) is 12.1 Å². The second-order valence-electron chi connectivity index (χ2n) is 3.81. The van der Waals surface area contributed by atoms with Crippen molar-refractivity contribution in [3.63, 3.8) is 0 Å². The second-order valence-corrected chi connectivity index (χ2v) is 3.81. The van der Waals surface area contributed by atoms with Crippen molar-refractivity contribution in [3.8, 4) is 0 Å². The van der Waals surface area contributed by atoms with Crippen LogP contribution in [0.2, 0.25) is 0 Å². The van der Waals surface area contributed by atoms with Gasteiger partial charge >= 0.3 is 0 Å². The molecule has 0 aliphatic carbocycles. The lowest BCUT2D eigenvalue weighted by molar-refractivity contribution is 0.0470. The van der Waals surface area contributed by atoms with Gasteiger partial charge in [-0.05, 0) is 44.0 Å². The topological polar surface area (TPSA) is 47.3 Å². The van der Waals surface area contributed by atoms with E-state index < -0.39 is 0 Å². The maximum Gasteiger partial charge on any atom is 0.123 e. The van der Waals surface area contributed by atoms with Crippen LogP contribution in [-0.2, 0) is 4.74 Å². The molecule has 1 aromatic rings. The zero-order chi connectivity index (χ0) is 12.1. The van der Waals surface area contributed by atoms with Crippen molar-refractivity contribution in [2.45, 2.75) is 32.9 Å². The largest absolute Gasteiger partial charge is 0.377 e. The average molecular weight is 226 g/mol. The molecule has 3 N–H and O–H groups in total. The Balaban J connectivity index is 2.98. The first-order valence-corrected chi connectivity index (χ1v) is 5.44. The standard InChI is InChI=1S/C12H19FN2O/c1-4-16-9(3)12(15-14)11-7-10(13)6-5-8(11)2/h5-7,9,12,15H,4,14H2,1-3H3. The number of aryl methyl sites for hydroxylation is 1. The molecule has 0 bridgehead atoms. The quantitative estimate of drug-likeness (QED) is 0.597. The Hall–Kier alpha value is -0.970. The summed E-state index contributed by atoms with van der Waals surface area (Å²) in [5.74, 6) is 5.24. The fraction of sp³-hybridized carbons (Fsp3) is 0.500. The van der Waals surface area contributed by atoms with Gasteiger partial charge in [0.1, 0.15) is 5.82 Å². The lowest BCUT2D eigenvalue weighted by atomic mass is 9.98. The van der Waals surface area contributed by atoms with Gasteiger partial charge in [0.05, 0.1) is 12.1 Å². The highest BCUT2D eigenvalue weighted by molar-refractivity contribution is 5.30. The van der Waals surface area contributed by atoms with Gasteiger partial charge in [-0.1, -0.05) is 6.07 Å². The van der Waals surface area contributed by atoms with Crippen LogP contribution in [0.4, 0.5) is 4.39 Å². The van der Waals surface area contributed by atoms with Crippen LogP contribution in [-0.4, -0.2) is 12.7 Å². The SMILES string of the molecule is CCOC(C)C(NN)c1cc(F)ccc1C. The van der Waals surface area contributed by atoms with Crippen LogP contribution >= 0.6 is 0 Å². The molecule has 2 unspecified atom stereocenters. The lowest BCUT2D eigenvalue weighted by Gasteiger charge is -2.25. The Kier molecular flexibility index (Phi) is 4.86. The van der Waals surface area contributed by atoms with E-state index in [0.29, 0.717) is 6.61 Å². The molecule has 0 radical (unpaired) electrons. The van der Waals surface area contributed by atoms with Crippen molar-refractivity contribution in [2.75, 3.05) is 6.61 Å². The highest BCUT2D eigenvalue weighted by Gasteiger charge is 2.20. The van der Waals surface area contributed by atoms with E-state index in [9.17, 15) is 4.39 Å². The summed E-state index contributed by atoms with van der Waals surface area (Å²) in [4.78, 5) is 0. The molecule has 1 aromatic carbocycles. The van der Waals surface area contributed by atoms with Crippen molar-refractivity contribution in [1.82, 2.24) is 5.43 Å². The van der Waals surface area contributed by atoms with Crippen molar-refractivity contribution >= 4 is 0 Å². The molecular formula is C12H19FN2O. The summed E-state index contributed by atoms with van der Waals surface area (Å²) < 4.78 is 18.7. The minimum atomic E-state index is -0.260. The van der Waals surface area contributed by atoms with Crippen LogP contribution in [0.1, 0.15) is 31.0 Å². The first-order chi connectivity index (χ1) is 7.60. The van der Waals surface area contributed by atoms with E-state index in [-0.39, 0.29) is 18.0 Å². The fourth-order valence-electron chi connectivity index (χ4n) is 1.78. The second kappa shape index (κ2) is 5.94. The van der Waals surface area contributed by atoms with Crippen molar-refractivity contribution in [2.24, 2.45) is 5.84 Å². The molecule has 0 saturated heterocycles. The summed E-state index contributed by atoms with van der Waals surface area (Å²) in [6.45, 7) is 6.37. The molecule has 0 aliphatic heterocycles. The van der Waals surface area contributed by atoms with Crippen molar-refractivity contribution in [3.05, 3.63) is 35.1 Å². The van der Waals surface area contributed by atoms with Crippen LogP contribution in [0.5, 0.6) is 0 Å². The third-order valence-electron chi connectivity index (χ3n) is 2.65. The van der Waals surface area contributed by atoms with Gasteiger partial charge in [-0.25, -0.2) is 4.39 Å². The summed E-state index contributed by atoms with van der Waals surface area (Å²) in [5, 5.41) is 0. The molecule has 1 rings (SSSR count). The average Bonchev–Trinajstić information content (AvgIpc) is 2.24. The lowest BCUT2D eigenvalue weighted by Crippen LogP contribution is -2.37. The summed E-state index contributed by atoms with van der Waals surface area (Å²) in [5.41, 5.74) is 4.51. The van der Waals surface area contributed by atoms with E-state index in [4.69, 9.17) is 10.6 Å². The summed E-state index contributed by atoms with van der Waals surface area (Å²) in [6, 6.07) is 4.48. The van der Waals surface area contributed by atoms with E-state index >= 15 is 0 Å². The predicted octanol–water partition coefficient (Wildman–Crippen LogP) is 2.06. The fourth-order valence-corrected chi connectivity index (χ4v) is 1.78. The van der Waals surface area contributed by atoms with Gasteiger partial charge in [0.25, 0.3) is 0 Å². The number of nitrogens with two attached hydrogens (primary N) is 1. The van der Waals surface area contributed by atoms with E-state index in [2.05, 4.69) is 5.43 Å². The summed E-state index contributed by atoms with van der Waals surface area (Å²) in [7, 11) is 0. The first kappa shape index (κ1) is 13.1. The Morgan fingerprint density at radius 2 is 2.19 bits per heavy atom. The molecular weight excluding hydrogens is 207 g/mol. The Morgan fingerprint density at radius 1 is 1.50 bits per heavy atom. The third-order valence-corrected chi connectivity index (χ3v) is 2.65. The smallest absolute Gasteiger partial charge is 0.123 e. The number of hydrazine groups is 1. The molecule has 4 heteroatoms. The van der Waals surface area contributed by atoms with Gasteiger partial charge in [-0.3, -0.25) is 11.3 Å². The summed E-state index contributed by atoms with van der Waals surface area (Å²) >= 11 is 0. The zero-order valence-corrected chi connectivity index (χ0v) is 9.96. The van der Waals surface area contributed by atoms with Crippen LogP contribution in [0.25, 0.3) is 0 Å². The first-order valence-electron chi connectivity index (χ1n) is 5.44. The molecule has 0 amide bonds. The van der Waals surface area contributed by atoms with Gasteiger partial charge in [0.2, 0.25) is 0 Å². The molecule has 0 aromatic heterocycles. The monoisotopic (exact) mass is 226 g/mol. The molecule has 3 nitrogen and oxygen atoms in total. The van der Waals surface area contributed by atoms with Crippen LogP contribution in [0.15, 0.2) is 18.2 Å². The van der Waals surface area contributed by atoms with Gasteiger partial charge < -0.3 is 4.74 Å². The Bertz CT molecular complexity index is 344. The number of halogens is 1. The van der Waals surface area contributed by atoms with Crippen LogP contribution in [0.3, 0.4) is 0 Å². The highest BCUT2D eigenvalue weighted by atomic mass is 19.1. The minimum Gasteiger partial charge on any atom is -0.377 e. The molecule has 0 saturated carbocycles. The molecule has 0 aliphatic rings. The Labute approximate surface area is 95.8 Å².